The highest BCUT2D eigenvalue weighted by atomic mass is 35.5. The molecule has 0 saturated carbocycles. The molecule has 4 nitrogen and oxygen atoms in total. The second-order valence-electron chi connectivity index (χ2n) is 4.65. The second kappa shape index (κ2) is 6.51. The van der Waals surface area contributed by atoms with E-state index >= 15 is 0 Å². The van der Waals surface area contributed by atoms with E-state index in [0.717, 1.165) is 5.56 Å². The average Bonchev–Trinajstić information content (AvgIpc) is 2.41. The number of halogens is 2. The molecule has 1 aromatic carbocycles. The zero-order valence-electron chi connectivity index (χ0n) is 11.3. The van der Waals surface area contributed by atoms with Crippen LogP contribution in [0, 0.1) is 5.82 Å². The summed E-state index contributed by atoms with van der Waals surface area (Å²) in [6, 6.07) is 8.46. The lowest BCUT2D eigenvalue weighted by Gasteiger charge is -2.14. The fourth-order valence-electron chi connectivity index (χ4n) is 1.92. The van der Waals surface area contributed by atoms with Crippen LogP contribution >= 0.6 is 11.6 Å². The third-order valence-corrected chi connectivity index (χ3v) is 4.86. The number of aromatic nitrogens is 1. The maximum atomic E-state index is 12.8. The van der Waals surface area contributed by atoms with Crippen molar-refractivity contribution in [3.8, 4) is 0 Å². The van der Waals surface area contributed by atoms with Gasteiger partial charge in [-0.15, -0.1) is 0 Å². The maximum absolute atomic E-state index is 12.8. The van der Waals surface area contributed by atoms with E-state index in [1.165, 1.54) is 30.5 Å². The van der Waals surface area contributed by atoms with Gasteiger partial charge in [0.25, 0.3) is 0 Å². The van der Waals surface area contributed by atoms with E-state index < -0.39 is 10.0 Å². The van der Waals surface area contributed by atoms with Gasteiger partial charge in [0.1, 0.15) is 15.9 Å². The molecule has 1 aromatic heterocycles. The number of benzene rings is 1. The summed E-state index contributed by atoms with van der Waals surface area (Å²) >= 11 is 5.80. The Kier molecular flexibility index (Phi) is 4.92. The minimum Gasteiger partial charge on any atom is -0.243 e. The van der Waals surface area contributed by atoms with Crippen LogP contribution in [0.1, 0.15) is 12.5 Å². The molecule has 0 amide bonds. The van der Waals surface area contributed by atoms with Crippen molar-refractivity contribution in [3.63, 3.8) is 0 Å². The minimum absolute atomic E-state index is 0.0578. The summed E-state index contributed by atoms with van der Waals surface area (Å²) in [5.41, 5.74) is 0.837. The SMILES string of the molecule is CC(Cc1ccc(F)cc1)NS(=O)(=O)c1cccnc1Cl. The molecule has 0 aliphatic heterocycles. The summed E-state index contributed by atoms with van der Waals surface area (Å²) in [6.45, 7) is 1.73. The molecule has 0 aliphatic carbocycles. The molecule has 1 unspecified atom stereocenters. The quantitative estimate of drug-likeness (QED) is 0.859. The summed E-state index contributed by atoms with van der Waals surface area (Å²) in [4.78, 5) is 3.69. The van der Waals surface area contributed by atoms with Crippen LogP contribution in [0.15, 0.2) is 47.5 Å². The van der Waals surface area contributed by atoms with Gasteiger partial charge in [0.05, 0.1) is 0 Å². The minimum atomic E-state index is -3.74. The first kappa shape index (κ1) is 15.9. The molecule has 2 aromatic rings. The molecule has 112 valence electrons. The van der Waals surface area contributed by atoms with Gasteiger partial charge in [0.15, 0.2) is 0 Å². The van der Waals surface area contributed by atoms with E-state index in [-0.39, 0.29) is 21.9 Å². The van der Waals surface area contributed by atoms with Crippen molar-refractivity contribution >= 4 is 21.6 Å². The molecule has 21 heavy (non-hydrogen) atoms. The fourth-order valence-corrected chi connectivity index (χ4v) is 3.61. The van der Waals surface area contributed by atoms with Crippen molar-refractivity contribution in [2.24, 2.45) is 0 Å². The van der Waals surface area contributed by atoms with Crippen LogP contribution in [-0.2, 0) is 16.4 Å². The Bertz CT molecular complexity index is 720. The Morgan fingerprint density at radius 3 is 2.57 bits per heavy atom. The van der Waals surface area contributed by atoms with E-state index in [2.05, 4.69) is 9.71 Å². The van der Waals surface area contributed by atoms with Gasteiger partial charge >= 0.3 is 0 Å². The van der Waals surface area contributed by atoms with Crippen LogP contribution in [0.3, 0.4) is 0 Å². The number of nitrogens with one attached hydrogen (secondary N) is 1. The standard InChI is InChI=1S/C14H14ClFN2O2S/c1-10(9-11-4-6-12(16)7-5-11)18-21(19,20)13-3-2-8-17-14(13)15/h2-8,10,18H,9H2,1H3. The summed E-state index contributed by atoms with van der Waals surface area (Å²) in [6.07, 6.45) is 1.86. The van der Waals surface area contributed by atoms with Crippen molar-refractivity contribution in [2.75, 3.05) is 0 Å². The highest BCUT2D eigenvalue weighted by Gasteiger charge is 2.20. The van der Waals surface area contributed by atoms with E-state index in [0.29, 0.717) is 6.42 Å². The average molecular weight is 329 g/mol. The Hall–Kier alpha value is -1.50. The molecular weight excluding hydrogens is 315 g/mol. The summed E-state index contributed by atoms with van der Waals surface area (Å²) in [5.74, 6) is -0.325. The summed E-state index contributed by atoms with van der Waals surface area (Å²) in [5, 5.41) is -0.0704. The number of nitrogens with zero attached hydrogens (tertiary/aromatic N) is 1. The van der Waals surface area contributed by atoms with E-state index in [9.17, 15) is 12.8 Å². The number of sulfonamides is 1. The lowest BCUT2D eigenvalue weighted by atomic mass is 10.1. The van der Waals surface area contributed by atoms with Crippen LogP contribution in [0.4, 0.5) is 4.39 Å². The normalized spacial score (nSPS) is 13.1. The summed E-state index contributed by atoms with van der Waals surface area (Å²) in [7, 11) is -3.74. The highest BCUT2D eigenvalue weighted by molar-refractivity contribution is 7.89. The predicted molar refractivity (Wildman–Crippen MR) is 79.1 cm³/mol. The summed E-state index contributed by atoms with van der Waals surface area (Å²) < 4.78 is 39.8. The van der Waals surface area contributed by atoms with Gasteiger partial charge < -0.3 is 0 Å². The predicted octanol–water partition coefficient (Wildman–Crippen LogP) is 2.78. The van der Waals surface area contributed by atoms with Crippen LogP contribution in [-0.4, -0.2) is 19.4 Å². The lowest BCUT2D eigenvalue weighted by Crippen LogP contribution is -2.34. The third kappa shape index (κ3) is 4.23. The number of hydrogen-bond donors (Lipinski definition) is 1. The molecule has 1 N–H and O–H groups in total. The van der Waals surface area contributed by atoms with E-state index in [4.69, 9.17) is 11.6 Å². The Labute approximate surface area is 128 Å². The second-order valence-corrected chi connectivity index (χ2v) is 6.69. The fraction of sp³-hybridized carbons (Fsp3) is 0.214. The lowest BCUT2D eigenvalue weighted by molar-refractivity contribution is 0.559. The molecule has 1 atom stereocenters. The van der Waals surface area contributed by atoms with Crippen LogP contribution in [0.25, 0.3) is 0 Å². The molecule has 2 rings (SSSR count). The Balaban J connectivity index is 2.10. The Morgan fingerprint density at radius 2 is 1.95 bits per heavy atom. The van der Waals surface area contributed by atoms with Gasteiger partial charge in [0, 0.05) is 12.2 Å². The van der Waals surface area contributed by atoms with Gasteiger partial charge in [0.2, 0.25) is 10.0 Å². The van der Waals surface area contributed by atoms with Gasteiger partial charge in [-0.2, -0.15) is 0 Å². The van der Waals surface area contributed by atoms with Crippen molar-refractivity contribution in [3.05, 3.63) is 59.1 Å². The molecule has 0 fully saturated rings. The van der Waals surface area contributed by atoms with Crippen LogP contribution < -0.4 is 4.72 Å². The molecular formula is C14H14ClFN2O2S. The number of pyridine rings is 1. The van der Waals surface area contributed by atoms with Crippen molar-refractivity contribution in [2.45, 2.75) is 24.3 Å². The topological polar surface area (TPSA) is 59.1 Å². The van der Waals surface area contributed by atoms with Crippen LogP contribution in [0.5, 0.6) is 0 Å². The van der Waals surface area contributed by atoms with E-state index in [1.807, 2.05) is 0 Å². The highest BCUT2D eigenvalue weighted by Crippen LogP contribution is 2.18. The monoisotopic (exact) mass is 328 g/mol. The van der Waals surface area contributed by atoms with Crippen LogP contribution in [0.2, 0.25) is 5.15 Å². The first-order valence-corrected chi connectivity index (χ1v) is 8.12. The molecule has 7 heteroatoms. The van der Waals surface area contributed by atoms with Gasteiger partial charge in [-0.1, -0.05) is 23.7 Å². The van der Waals surface area contributed by atoms with Crippen molar-refractivity contribution in [1.82, 2.24) is 9.71 Å². The Morgan fingerprint density at radius 1 is 1.29 bits per heavy atom. The molecule has 0 aliphatic rings. The van der Waals surface area contributed by atoms with Gasteiger partial charge in [-0.3, -0.25) is 0 Å². The molecule has 1 heterocycles. The molecule has 0 saturated heterocycles. The maximum Gasteiger partial charge on any atom is 0.243 e. The van der Waals surface area contributed by atoms with Gasteiger partial charge in [-0.05, 0) is 43.2 Å². The van der Waals surface area contributed by atoms with Crippen molar-refractivity contribution < 1.29 is 12.8 Å². The first-order valence-electron chi connectivity index (χ1n) is 6.26. The third-order valence-electron chi connectivity index (χ3n) is 2.83. The number of rotatable bonds is 5. The zero-order chi connectivity index (χ0) is 15.5. The van der Waals surface area contributed by atoms with Gasteiger partial charge in [-0.25, -0.2) is 22.5 Å². The molecule has 0 bridgehead atoms. The van der Waals surface area contributed by atoms with Crippen molar-refractivity contribution in [1.29, 1.82) is 0 Å². The van der Waals surface area contributed by atoms with E-state index in [1.54, 1.807) is 19.1 Å². The number of hydrogen-bond acceptors (Lipinski definition) is 3. The zero-order valence-corrected chi connectivity index (χ0v) is 12.8. The smallest absolute Gasteiger partial charge is 0.243 e. The molecule has 0 radical (unpaired) electrons. The first-order chi connectivity index (χ1) is 9.88. The largest absolute Gasteiger partial charge is 0.243 e. The molecule has 0 spiro atoms.